The monoisotopic (exact) mass is 338 g/mol. The zero-order chi connectivity index (χ0) is 17.4. The Bertz CT molecular complexity index is 799. The number of anilines is 1. The maximum atomic E-state index is 12.6. The summed E-state index contributed by atoms with van der Waals surface area (Å²) in [6, 6.07) is 9.65. The number of carbonyl (C=O) groups is 2. The fraction of sp³-hybridized carbons (Fsp3) is 0.421. The normalized spacial score (nSPS) is 22.8. The number of nitrogens with one attached hydrogen (secondary N) is 1. The highest BCUT2D eigenvalue weighted by atomic mass is 16.2. The van der Waals surface area contributed by atoms with Gasteiger partial charge < -0.3 is 14.8 Å². The number of fused-ring (bicyclic) bond motifs is 1. The van der Waals surface area contributed by atoms with Gasteiger partial charge in [-0.1, -0.05) is 18.2 Å². The van der Waals surface area contributed by atoms with Crippen molar-refractivity contribution in [3.05, 3.63) is 48.0 Å². The van der Waals surface area contributed by atoms with Gasteiger partial charge in [-0.3, -0.25) is 9.59 Å². The second kappa shape index (κ2) is 6.35. The number of imidazole rings is 1. The Morgan fingerprint density at radius 2 is 2.04 bits per heavy atom. The highest BCUT2D eigenvalue weighted by molar-refractivity contribution is 6.00. The summed E-state index contributed by atoms with van der Waals surface area (Å²) in [5, 5.41) is 3.14. The van der Waals surface area contributed by atoms with E-state index in [0.29, 0.717) is 6.54 Å². The number of para-hydroxylation sites is 1. The molecule has 4 rings (SSSR count). The quantitative estimate of drug-likeness (QED) is 0.926. The summed E-state index contributed by atoms with van der Waals surface area (Å²) in [5.41, 5.74) is 1.88. The fourth-order valence-corrected chi connectivity index (χ4v) is 3.76. The minimum Gasteiger partial charge on any atom is -0.351 e. The topological polar surface area (TPSA) is 67.2 Å². The van der Waals surface area contributed by atoms with Crippen molar-refractivity contribution in [3.8, 4) is 0 Å². The van der Waals surface area contributed by atoms with Crippen LogP contribution >= 0.6 is 0 Å². The molecule has 0 aliphatic carbocycles. The van der Waals surface area contributed by atoms with Crippen LogP contribution in [0.2, 0.25) is 0 Å². The average Bonchev–Trinajstić information content (AvgIpc) is 3.17. The second-order valence-corrected chi connectivity index (χ2v) is 6.94. The van der Waals surface area contributed by atoms with Crippen LogP contribution in [0.4, 0.5) is 5.69 Å². The lowest BCUT2D eigenvalue weighted by molar-refractivity contribution is -0.127. The molecule has 2 aromatic rings. The van der Waals surface area contributed by atoms with Crippen LogP contribution in [-0.4, -0.2) is 34.0 Å². The molecule has 0 unspecified atom stereocenters. The molecule has 0 radical (unpaired) electrons. The van der Waals surface area contributed by atoms with Gasteiger partial charge in [-0.2, -0.15) is 0 Å². The van der Waals surface area contributed by atoms with Crippen molar-refractivity contribution < 1.29 is 9.59 Å². The molecule has 6 heteroatoms. The molecular formula is C19H22N4O2. The van der Waals surface area contributed by atoms with E-state index in [2.05, 4.69) is 14.9 Å². The summed E-state index contributed by atoms with van der Waals surface area (Å²) in [7, 11) is 0. The van der Waals surface area contributed by atoms with Gasteiger partial charge in [0.15, 0.2) is 0 Å². The lowest BCUT2D eigenvalue weighted by atomic mass is 10.0. The van der Waals surface area contributed by atoms with E-state index in [-0.39, 0.29) is 30.2 Å². The van der Waals surface area contributed by atoms with E-state index in [0.717, 1.165) is 36.6 Å². The standard InChI is InChI=1S/C19H22N4O2/c1-13-10-22-12-15(7-8-17(22)20-13)21-19(25)14-9-18(24)23(11-14)16-5-3-2-4-6-16/h2-6,10,14-15H,7-9,11-12H2,1H3,(H,21,25)/t14-,15+/m1/s1. The first-order valence-corrected chi connectivity index (χ1v) is 8.78. The van der Waals surface area contributed by atoms with E-state index >= 15 is 0 Å². The van der Waals surface area contributed by atoms with Crippen LogP contribution in [0.1, 0.15) is 24.4 Å². The van der Waals surface area contributed by atoms with Crippen molar-refractivity contribution in [1.82, 2.24) is 14.9 Å². The first-order valence-electron chi connectivity index (χ1n) is 8.78. The molecule has 1 aromatic heterocycles. The van der Waals surface area contributed by atoms with E-state index in [1.165, 1.54) is 0 Å². The van der Waals surface area contributed by atoms with E-state index in [4.69, 9.17) is 0 Å². The zero-order valence-electron chi connectivity index (χ0n) is 14.3. The number of rotatable bonds is 3. The molecule has 0 bridgehead atoms. The van der Waals surface area contributed by atoms with Gasteiger partial charge in [-0.25, -0.2) is 4.98 Å². The molecule has 3 heterocycles. The molecule has 25 heavy (non-hydrogen) atoms. The number of amides is 2. The van der Waals surface area contributed by atoms with Crippen LogP contribution in [0, 0.1) is 12.8 Å². The van der Waals surface area contributed by atoms with E-state index in [9.17, 15) is 9.59 Å². The number of hydrogen-bond donors (Lipinski definition) is 1. The largest absolute Gasteiger partial charge is 0.351 e. The van der Waals surface area contributed by atoms with Crippen LogP contribution in [0.5, 0.6) is 0 Å². The number of benzene rings is 1. The molecule has 1 N–H and O–H groups in total. The number of aryl methyl sites for hydroxylation is 2. The molecule has 130 valence electrons. The maximum Gasteiger partial charge on any atom is 0.227 e. The number of aromatic nitrogens is 2. The Hall–Kier alpha value is -2.63. The van der Waals surface area contributed by atoms with Crippen LogP contribution in [0.15, 0.2) is 36.5 Å². The lowest BCUT2D eigenvalue weighted by Gasteiger charge is -2.26. The number of carbonyl (C=O) groups excluding carboxylic acids is 2. The molecule has 1 fully saturated rings. The SMILES string of the molecule is Cc1cn2c(n1)CC[C@H](NC(=O)[C@@H]1CC(=O)N(c3ccccc3)C1)C2. The maximum absolute atomic E-state index is 12.6. The van der Waals surface area contributed by atoms with Crippen molar-refractivity contribution in [2.45, 2.75) is 38.8 Å². The van der Waals surface area contributed by atoms with Crippen molar-refractivity contribution in [1.29, 1.82) is 0 Å². The first-order chi connectivity index (χ1) is 12.1. The van der Waals surface area contributed by atoms with Gasteiger partial charge in [-0.05, 0) is 25.5 Å². The predicted octanol–water partition coefficient (Wildman–Crippen LogP) is 1.68. The Morgan fingerprint density at radius 1 is 1.24 bits per heavy atom. The van der Waals surface area contributed by atoms with Crippen molar-refractivity contribution in [3.63, 3.8) is 0 Å². The number of nitrogens with zero attached hydrogens (tertiary/aromatic N) is 3. The third-order valence-electron chi connectivity index (χ3n) is 5.02. The van der Waals surface area contributed by atoms with Gasteiger partial charge in [0.1, 0.15) is 5.82 Å². The molecule has 6 nitrogen and oxygen atoms in total. The smallest absolute Gasteiger partial charge is 0.227 e. The summed E-state index contributed by atoms with van der Waals surface area (Å²) < 4.78 is 2.12. The first kappa shape index (κ1) is 15.9. The molecule has 2 aliphatic heterocycles. The van der Waals surface area contributed by atoms with Crippen molar-refractivity contribution >= 4 is 17.5 Å². The summed E-state index contributed by atoms with van der Waals surface area (Å²) >= 11 is 0. The van der Waals surface area contributed by atoms with Gasteiger partial charge in [0.05, 0.1) is 11.6 Å². The molecule has 2 aliphatic rings. The van der Waals surface area contributed by atoms with E-state index in [1.54, 1.807) is 4.90 Å². The molecule has 0 spiro atoms. The van der Waals surface area contributed by atoms with Crippen LogP contribution in [0.3, 0.4) is 0 Å². The predicted molar refractivity (Wildman–Crippen MR) is 94.1 cm³/mol. The Labute approximate surface area is 146 Å². The highest BCUT2D eigenvalue weighted by Gasteiger charge is 2.36. The van der Waals surface area contributed by atoms with Gasteiger partial charge in [0.2, 0.25) is 11.8 Å². The fourth-order valence-electron chi connectivity index (χ4n) is 3.76. The molecular weight excluding hydrogens is 316 g/mol. The summed E-state index contributed by atoms with van der Waals surface area (Å²) in [5.74, 6) is 0.813. The summed E-state index contributed by atoms with van der Waals surface area (Å²) in [6.07, 6.45) is 4.08. The van der Waals surface area contributed by atoms with Gasteiger partial charge in [-0.15, -0.1) is 0 Å². The van der Waals surface area contributed by atoms with Gasteiger partial charge >= 0.3 is 0 Å². The number of hydrogen-bond acceptors (Lipinski definition) is 3. The lowest BCUT2D eigenvalue weighted by Crippen LogP contribution is -2.44. The molecule has 0 saturated carbocycles. The van der Waals surface area contributed by atoms with Gasteiger partial charge in [0.25, 0.3) is 0 Å². The minimum atomic E-state index is -0.279. The molecule has 1 aromatic carbocycles. The Kier molecular flexibility index (Phi) is 4.03. The third kappa shape index (κ3) is 3.16. The van der Waals surface area contributed by atoms with Gasteiger partial charge in [0, 0.05) is 43.9 Å². The second-order valence-electron chi connectivity index (χ2n) is 6.94. The van der Waals surface area contributed by atoms with Crippen LogP contribution < -0.4 is 10.2 Å². The molecule has 2 atom stereocenters. The Morgan fingerprint density at radius 3 is 2.84 bits per heavy atom. The average molecular weight is 338 g/mol. The van der Waals surface area contributed by atoms with E-state index in [1.807, 2.05) is 43.5 Å². The third-order valence-corrected chi connectivity index (χ3v) is 5.02. The van der Waals surface area contributed by atoms with E-state index < -0.39 is 0 Å². The summed E-state index contributed by atoms with van der Waals surface area (Å²) in [4.78, 5) is 31.1. The summed E-state index contributed by atoms with van der Waals surface area (Å²) in [6.45, 7) is 3.20. The van der Waals surface area contributed by atoms with Crippen molar-refractivity contribution in [2.75, 3.05) is 11.4 Å². The Balaban J connectivity index is 1.38. The highest BCUT2D eigenvalue weighted by Crippen LogP contribution is 2.25. The van der Waals surface area contributed by atoms with Crippen LogP contribution in [0.25, 0.3) is 0 Å². The van der Waals surface area contributed by atoms with Crippen molar-refractivity contribution in [2.24, 2.45) is 5.92 Å². The molecule has 1 saturated heterocycles. The minimum absolute atomic E-state index is 0.0162. The zero-order valence-corrected chi connectivity index (χ0v) is 14.3. The van der Waals surface area contributed by atoms with Crippen LogP contribution in [-0.2, 0) is 22.6 Å². The molecule has 2 amide bonds.